The van der Waals surface area contributed by atoms with Gasteiger partial charge >= 0.3 is 0 Å². The molecule has 1 aliphatic heterocycles. The number of aromatic nitrogens is 2. The zero-order chi connectivity index (χ0) is 27.3. The van der Waals surface area contributed by atoms with Gasteiger partial charge in [0.15, 0.2) is 0 Å². The molecule has 4 nitrogen and oxygen atoms in total. The van der Waals surface area contributed by atoms with Gasteiger partial charge in [0, 0.05) is 39.0 Å². The third kappa shape index (κ3) is 2.77. The van der Waals surface area contributed by atoms with E-state index < -0.39 is 5.54 Å². The predicted molar refractivity (Wildman–Crippen MR) is 170 cm³/mol. The van der Waals surface area contributed by atoms with Gasteiger partial charge in [0.05, 0.1) is 33.5 Å². The van der Waals surface area contributed by atoms with Crippen LogP contribution in [0.5, 0.6) is 0 Å². The number of benzene rings is 5. The molecule has 0 spiro atoms. The van der Waals surface area contributed by atoms with Crippen LogP contribution < -0.4 is 10.9 Å². The molecule has 196 valence electrons. The van der Waals surface area contributed by atoms with Gasteiger partial charge in [-0.25, -0.2) is 5.84 Å². The highest BCUT2D eigenvalue weighted by atomic mass is 15.5. The lowest BCUT2D eigenvalue weighted by molar-refractivity contribution is 0.430. The molecule has 2 aromatic heterocycles. The number of rotatable bonds is 2. The lowest BCUT2D eigenvalue weighted by Gasteiger charge is -2.40. The molecule has 41 heavy (non-hydrogen) atoms. The lowest BCUT2D eigenvalue weighted by atomic mass is 9.74. The highest BCUT2D eigenvalue weighted by Gasteiger charge is 2.51. The minimum absolute atomic E-state index is 0.160. The number of hydrogen-bond donors (Lipinski definition) is 1. The Hall–Kier alpha value is -5.06. The standard InChI is InChI=1S/C37H28N4/c1-37-29(26-16-8-11-19-31(26)41(37)38)21-23-33-35(37)28-20-22-32-34(36(28)40(33)25-14-6-3-7-15-25)27-17-9-10-18-30(27)39(32)24-12-4-2-5-13-24/h2-23,29H,38H2,1H3. The molecule has 0 fully saturated rings. The second-order valence-electron chi connectivity index (χ2n) is 11.4. The van der Waals surface area contributed by atoms with Crippen molar-refractivity contribution in [3.8, 4) is 11.4 Å². The monoisotopic (exact) mass is 528 g/mol. The summed E-state index contributed by atoms with van der Waals surface area (Å²) in [5, 5.41) is 5.76. The minimum atomic E-state index is -0.433. The van der Waals surface area contributed by atoms with Gasteiger partial charge in [-0.3, -0.25) is 5.01 Å². The maximum Gasteiger partial charge on any atom is 0.0911 e. The van der Waals surface area contributed by atoms with Crippen LogP contribution in [0.3, 0.4) is 0 Å². The van der Waals surface area contributed by atoms with Gasteiger partial charge in [-0.2, -0.15) is 0 Å². The van der Waals surface area contributed by atoms with Gasteiger partial charge in [-0.15, -0.1) is 0 Å². The molecule has 2 atom stereocenters. The second kappa shape index (κ2) is 8.00. The van der Waals surface area contributed by atoms with Crippen molar-refractivity contribution in [2.75, 3.05) is 5.01 Å². The average Bonchev–Trinajstić information content (AvgIpc) is 3.62. The van der Waals surface area contributed by atoms with Crippen LogP contribution in [0, 0.1) is 0 Å². The van der Waals surface area contributed by atoms with Crippen LogP contribution in [0.1, 0.15) is 29.7 Å². The van der Waals surface area contributed by atoms with Gasteiger partial charge in [0.25, 0.3) is 0 Å². The first-order chi connectivity index (χ1) is 20.2. The molecule has 5 aromatic carbocycles. The Bertz CT molecular complexity index is 2190. The molecule has 0 radical (unpaired) electrons. The minimum Gasteiger partial charge on any atom is -0.309 e. The summed E-state index contributed by atoms with van der Waals surface area (Å²) in [7, 11) is 0. The fourth-order valence-electron chi connectivity index (χ4n) is 7.66. The maximum absolute atomic E-state index is 7.06. The SMILES string of the molecule is CC12c3c(n(-c4ccccc4)c4c3ccc3c4c4ccccc4n3-c3ccccc3)C=CC1c1ccccc1N2N. The quantitative estimate of drug-likeness (QED) is 0.229. The topological polar surface area (TPSA) is 39.1 Å². The summed E-state index contributed by atoms with van der Waals surface area (Å²) < 4.78 is 4.86. The number of anilines is 1. The number of hydrogen-bond acceptors (Lipinski definition) is 2. The number of nitrogens with zero attached hydrogens (tertiary/aromatic N) is 3. The summed E-state index contributed by atoms with van der Waals surface area (Å²) >= 11 is 0. The molecule has 9 rings (SSSR count). The largest absolute Gasteiger partial charge is 0.309 e. The van der Waals surface area contributed by atoms with E-state index in [1.807, 2.05) is 5.01 Å². The van der Waals surface area contributed by atoms with E-state index in [0.717, 1.165) is 17.1 Å². The smallest absolute Gasteiger partial charge is 0.0911 e. The number of hydrazine groups is 1. The van der Waals surface area contributed by atoms with E-state index in [1.54, 1.807) is 0 Å². The first kappa shape index (κ1) is 22.7. The molecule has 0 bridgehead atoms. The van der Waals surface area contributed by atoms with Crippen LogP contribution in [-0.2, 0) is 5.54 Å². The van der Waals surface area contributed by atoms with Crippen molar-refractivity contribution < 1.29 is 0 Å². The average molecular weight is 529 g/mol. The van der Waals surface area contributed by atoms with Crippen molar-refractivity contribution in [2.24, 2.45) is 5.84 Å². The molecular weight excluding hydrogens is 500 g/mol. The van der Waals surface area contributed by atoms with E-state index in [0.29, 0.717) is 0 Å². The molecule has 0 amide bonds. The van der Waals surface area contributed by atoms with Crippen molar-refractivity contribution in [2.45, 2.75) is 18.4 Å². The van der Waals surface area contributed by atoms with Crippen molar-refractivity contribution in [3.63, 3.8) is 0 Å². The van der Waals surface area contributed by atoms with Crippen molar-refractivity contribution in [3.05, 3.63) is 144 Å². The van der Waals surface area contributed by atoms with Gasteiger partial charge in [-0.05, 0) is 61.0 Å². The predicted octanol–water partition coefficient (Wildman–Crippen LogP) is 8.45. The Morgan fingerprint density at radius 3 is 2.07 bits per heavy atom. The first-order valence-corrected chi connectivity index (χ1v) is 14.2. The normalized spacial score (nSPS) is 19.2. The summed E-state index contributed by atoms with van der Waals surface area (Å²) in [5.74, 6) is 7.22. The third-order valence-electron chi connectivity index (χ3n) is 9.42. The molecule has 2 N–H and O–H groups in total. The van der Waals surface area contributed by atoms with Crippen LogP contribution in [0.2, 0.25) is 0 Å². The molecule has 2 unspecified atom stereocenters. The molecule has 1 aliphatic carbocycles. The van der Waals surface area contributed by atoms with Crippen LogP contribution >= 0.6 is 0 Å². The Morgan fingerprint density at radius 2 is 1.29 bits per heavy atom. The lowest BCUT2D eigenvalue weighted by Crippen LogP contribution is -2.49. The number of nitrogens with two attached hydrogens (primary N) is 1. The van der Waals surface area contributed by atoms with Gasteiger partial charge in [0.1, 0.15) is 0 Å². The molecule has 4 heteroatoms. The zero-order valence-corrected chi connectivity index (χ0v) is 22.7. The van der Waals surface area contributed by atoms with Gasteiger partial charge in [-0.1, -0.05) is 84.9 Å². The molecule has 3 heterocycles. The van der Waals surface area contributed by atoms with E-state index >= 15 is 0 Å². The summed E-state index contributed by atoms with van der Waals surface area (Å²) in [5.41, 5.74) is 10.3. The van der Waals surface area contributed by atoms with E-state index in [-0.39, 0.29) is 5.92 Å². The third-order valence-corrected chi connectivity index (χ3v) is 9.42. The van der Waals surface area contributed by atoms with E-state index in [1.165, 1.54) is 49.5 Å². The van der Waals surface area contributed by atoms with Crippen LogP contribution in [0.25, 0.3) is 50.2 Å². The van der Waals surface area contributed by atoms with Crippen LogP contribution in [-0.4, -0.2) is 9.13 Å². The molecular formula is C37H28N4. The van der Waals surface area contributed by atoms with Crippen molar-refractivity contribution >= 4 is 44.5 Å². The molecule has 7 aromatic rings. The summed E-state index contributed by atoms with van der Waals surface area (Å²) in [6.07, 6.45) is 4.68. The molecule has 0 saturated carbocycles. The summed E-state index contributed by atoms with van der Waals surface area (Å²) in [6, 6.07) is 43.4. The number of para-hydroxylation sites is 4. The second-order valence-corrected chi connectivity index (χ2v) is 11.4. The van der Waals surface area contributed by atoms with E-state index in [4.69, 9.17) is 5.84 Å². The molecule has 0 saturated heterocycles. The molecule has 2 aliphatic rings. The Morgan fingerprint density at radius 1 is 0.634 bits per heavy atom. The highest BCUT2D eigenvalue weighted by Crippen LogP contribution is 2.58. The Kier molecular flexibility index (Phi) is 4.43. The van der Waals surface area contributed by atoms with Gasteiger partial charge < -0.3 is 9.13 Å². The van der Waals surface area contributed by atoms with Crippen LogP contribution in [0.4, 0.5) is 5.69 Å². The van der Waals surface area contributed by atoms with E-state index in [9.17, 15) is 0 Å². The fraction of sp³-hybridized carbons (Fsp3) is 0.0811. The highest BCUT2D eigenvalue weighted by molar-refractivity contribution is 6.22. The Balaban J connectivity index is 1.48. The zero-order valence-electron chi connectivity index (χ0n) is 22.7. The van der Waals surface area contributed by atoms with Crippen LogP contribution in [0.15, 0.2) is 127 Å². The summed E-state index contributed by atoms with van der Waals surface area (Å²) in [4.78, 5) is 0. The van der Waals surface area contributed by atoms with Crippen molar-refractivity contribution in [1.82, 2.24) is 9.13 Å². The Labute approximate surface area is 238 Å². The maximum atomic E-state index is 7.06. The number of fused-ring (bicyclic) bond motifs is 11. The fourth-order valence-corrected chi connectivity index (χ4v) is 7.66. The first-order valence-electron chi connectivity index (χ1n) is 14.2. The van der Waals surface area contributed by atoms with E-state index in [2.05, 4.69) is 150 Å². The summed E-state index contributed by atoms with van der Waals surface area (Å²) in [6.45, 7) is 2.31. The van der Waals surface area contributed by atoms with Crippen molar-refractivity contribution in [1.29, 1.82) is 0 Å². The van der Waals surface area contributed by atoms with Gasteiger partial charge in [0.2, 0.25) is 0 Å².